The fraction of sp³-hybridized carbons (Fsp3) is 0.300. The van der Waals surface area contributed by atoms with E-state index in [0.29, 0.717) is 0 Å². The van der Waals surface area contributed by atoms with E-state index in [2.05, 4.69) is 22.6 Å². The van der Waals surface area contributed by atoms with Crippen LogP contribution in [0.5, 0.6) is 0 Å². The number of carbonyl (C=O) groups excluding carboxylic acids is 1. The molecule has 0 unspecified atom stereocenters. The van der Waals surface area contributed by atoms with Crippen LogP contribution in [-0.4, -0.2) is 5.24 Å². The highest BCUT2D eigenvalue weighted by Crippen LogP contribution is 2.49. The van der Waals surface area contributed by atoms with Gasteiger partial charge in [0.1, 0.15) is 0 Å². The SMILES string of the molecule is O=C(Cl)C1(c2ccc(I)cc2)CC1. The summed E-state index contributed by atoms with van der Waals surface area (Å²) in [6.07, 6.45) is 1.80. The molecule has 1 saturated carbocycles. The molecular weight excluding hydrogens is 298 g/mol. The zero-order chi connectivity index (χ0) is 9.47. The van der Waals surface area contributed by atoms with E-state index in [-0.39, 0.29) is 10.7 Å². The van der Waals surface area contributed by atoms with Crippen LogP contribution in [0.4, 0.5) is 0 Å². The van der Waals surface area contributed by atoms with Crippen LogP contribution in [0.15, 0.2) is 24.3 Å². The number of rotatable bonds is 2. The van der Waals surface area contributed by atoms with Crippen molar-refractivity contribution in [2.24, 2.45) is 0 Å². The summed E-state index contributed by atoms with van der Waals surface area (Å²) >= 11 is 7.81. The number of halogens is 2. The zero-order valence-corrected chi connectivity index (χ0v) is 9.80. The summed E-state index contributed by atoms with van der Waals surface area (Å²) in [5, 5.41) is -0.214. The lowest BCUT2D eigenvalue weighted by Gasteiger charge is -2.09. The molecule has 0 aliphatic heterocycles. The van der Waals surface area contributed by atoms with E-state index in [0.717, 1.165) is 18.4 Å². The third-order valence-electron chi connectivity index (χ3n) is 2.52. The first-order valence-electron chi connectivity index (χ1n) is 4.11. The monoisotopic (exact) mass is 306 g/mol. The summed E-state index contributed by atoms with van der Waals surface area (Å²) in [5.41, 5.74) is 0.722. The molecule has 0 bridgehead atoms. The van der Waals surface area contributed by atoms with E-state index in [1.54, 1.807) is 0 Å². The summed E-state index contributed by atoms with van der Waals surface area (Å²) in [4.78, 5) is 11.2. The maximum Gasteiger partial charge on any atom is 0.232 e. The van der Waals surface area contributed by atoms with Crippen molar-refractivity contribution in [3.63, 3.8) is 0 Å². The lowest BCUT2D eigenvalue weighted by molar-refractivity contribution is -0.113. The van der Waals surface area contributed by atoms with E-state index in [4.69, 9.17) is 11.6 Å². The first-order chi connectivity index (χ1) is 6.15. The fourth-order valence-electron chi connectivity index (χ4n) is 1.49. The van der Waals surface area contributed by atoms with Crippen molar-refractivity contribution in [3.8, 4) is 0 Å². The Morgan fingerprint density at radius 3 is 2.23 bits per heavy atom. The Hall–Kier alpha value is -0.0900. The molecule has 0 radical (unpaired) electrons. The van der Waals surface area contributed by atoms with E-state index in [1.165, 1.54) is 3.57 Å². The molecule has 1 aromatic carbocycles. The Kier molecular flexibility index (Phi) is 2.36. The summed E-state index contributed by atoms with van der Waals surface area (Å²) in [6.45, 7) is 0. The van der Waals surface area contributed by atoms with Gasteiger partial charge in [-0.25, -0.2) is 0 Å². The zero-order valence-electron chi connectivity index (χ0n) is 6.89. The molecule has 68 valence electrons. The Morgan fingerprint density at radius 2 is 1.85 bits per heavy atom. The van der Waals surface area contributed by atoms with Gasteiger partial charge in [-0.15, -0.1) is 0 Å². The third-order valence-corrected chi connectivity index (χ3v) is 3.60. The quantitative estimate of drug-likeness (QED) is 0.606. The van der Waals surface area contributed by atoms with Crippen LogP contribution in [0.25, 0.3) is 0 Å². The topological polar surface area (TPSA) is 17.1 Å². The van der Waals surface area contributed by atoms with Gasteiger partial charge in [0.15, 0.2) is 0 Å². The van der Waals surface area contributed by atoms with Crippen molar-refractivity contribution in [2.45, 2.75) is 18.3 Å². The number of carbonyl (C=O) groups is 1. The van der Waals surface area contributed by atoms with E-state index >= 15 is 0 Å². The molecular formula is C10H8ClIO. The molecule has 1 aromatic rings. The highest BCUT2D eigenvalue weighted by Gasteiger charge is 2.50. The van der Waals surface area contributed by atoms with Crippen molar-refractivity contribution < 1.29 is 4.79 Å². The van der Waals surface area contributed by atoms with E-state index in [1.807, 2.05) is 24.3 Å². The lowest BCUT2D eigenvalue weighted by Crippen LogP contribution is -2.14. The minimum atomic E-state index is -0.341. The summed E-state index contributed by atoms with van der Waals surface area (Å²) in [5.74, 6) is 0. The Labute approximate surface area is 95.6 Å². The van der Waals surface area contributed by atoms with Gasteiger partial charge in [-0.2, -0.15) is 0 Å². The summed E-state index contributed by atoms with van der Waals surface area (Å²) in [6, 6.07) is 8.01. The maximum atomic E-state index is 11.2. The number of hydrogen-bond donors (Lipinski definition) is 0. The second-order valence-electron chi connectivity index (χ2n) is 3.36. The minimum absolute atomic E-state index is 0.214. The number of hydrogen-bond acceptors (Lipinski definition) is 1. The standard InChI is InChI=1S/C10H8ClIO/c11-9(13)10(5-6-10)7-1-3-8(12)4-2-7/h1-4H,5-6H2. The largest absolute Gasteiger partial charge is 0.280 e. The Balaban J connectivity index is 2.36. The molecule has 2 rings (SSSR count). The third kappa shape index (κ3) is 1.62. The van der Waals surface area contributed by atoms with Crippen LogP contribution in [0, 0.1) is 3.57 Å². The average Bonchev–Trinajstić information content (AvgIpc) is 2.86. The molecule has 0 spiro atoms. The second-order valence-corrected chi connectivity index (χ2v) is 4.95. The van der Waals surface area contributed by atoms with Crippen molar-refractivity contribution >= 4 is 39.4 Å². The predicted molar refractivity (Wildman–Crippen MR) is 60.9 cm³/mol. The predicted octanol–water partition coefficient (Wildman–Crippen LogP) is 3.09. The summed E-state index contributed by atoms with van der Waals surface area (Å²) in [7, 11) is 0. The fourth-order valence-corrected chi connectivity index (χ4v) is 2.15. The molecule has 0 saturated heterocycles. The smallest absolute Gasteiger partial charge is 0.232 e. The van der Waals surface area contributed by atoms with Gasteiger partial charge in [-0.05, 0) is 64.7 Å². The van der Waals surface area contributed by atoms with E-state index in [9.17, 15) is 4.79 Å². The normalized spacial score (nSPS) is 18.3. The number of benzene rings is 1. The van der Waals surface area contributed by atoms with Gasteiger partial charge in [0.2, 0.25) is 5.24 Å². The molecule has 0 aromatic heterocycles. The molecule has 0 amide bonds. The first-order valence-corrected chi connectivity index (χ1v) is 5.57. The minimum Gasteiger partial charge on any atom is -0.280 e. The van der Waals surface area contributed by atoms with Crippen molar-refractivity contribution in [1.29, 1.82) is 0 Å². The highest BCUT2D eigenvalue weighted by atomic mass is 127. The lowest BCUT2D eigenvalue weighted by atomic mass is 9.98. The maximum absolute atomic E-state index is 11.2. The van der Waals surface area contributed by atoms with Crippen LogP contribution < -0.4 is 0 Å². The van der Waals surface area contributed by atoms with Crippen LogP contribution >= 0.6 is 34.2 Å². The first kappa shape index (κ1) is 9.46. The van der Waals surface area contributed by atoms with Crippen molar-refractivity contribution in [3.05, 3.63) is 33.4 Å². The molecule has 0 atom stereocenters. The van der Waals surface area contributed by atoms with E-state index < -0.39 is 0 Å². The average molecular weight is 307 g/mol. The second kappa shape index (κ2) is 3.24. The van der Waals surface area contributed by atoms with Gasteiger partial charge in [0, 0.05) is 3.57 Å². The molecule has 1 nitrogen and oxygen atoms in total. The molecule has 1 fully saturated rings. The van der Waals surface area contributed by atoms with Gasteiger partial charge in [-0.1, -0.05) is 12.1 Å². The van der Waals surface area contributed by atoms with Crippen molar-refractivity contribution in [2.75, 3.05) is 0 Å². The van der Waals surface area contributed by atoms with Crippen LogP contribution in [-0.2, 0) is 10.2 Å². The van der Waals surface area contributed by atoms with Gasteiger partial charge >= 0.3 is 0 Å². The van der Waals surface area contributed by atoms with Gasteiger partial charge in [0.25, 0.3) is 0 Å². The molecule has 0 N–H and O–H groups in total. The summed E-state index contributed by atoms with van der Waals surface area (Å²) < 4.78 is 1.18. The molecule has 0 heterocycles. The van der Waals surface area contributed by atoms with Crippen molar-refractivity contribution in [1.82, 2.24) is 0 Å². The van der Waals surface area contributed by atoms with Crippen LogP contribution in [0.1, 0.15) is 18.4 Å². The van der Waals surface area contributed by atoms with Crippen LogP contribution in [0.2, 0.25) is 0 Å². The molecule has 1 aliphatic carbocycles. The van der Waals surface area contributed by atoms with Crippen LogP contribution in [0.3, 0.4) is 0 Å². The Bertz CT molecular complexity index is 340. The molecule has 1 aliphatic rings. The highest BCUT2D eigenvalue weighted by molar-refractivity contribution is 14.1. The Morgan fingerprint density at radius 1 is 1.31 bits per heavy atom. The van der Waals surface area contributed by atoms with Gasteiger partial charge in [0.05, 0.1) is 5.41 Å². The molecule has 13 heavy (non-hydrogen) atoms. The van der Waals surface area contributed by atoms with Gasteiger partial charge in [-0.3, -0.25) is 4.79 Å². The van der Waals surface area contributed by atoms with Gasteiger partial charge < -0.3 is 0 Å². The molecule has 3 heteroatoms.